The molecule has 0 unspecified atom stereocenters. The van der Waals surface area contributed by atoms with Crippen molar-refractivity contribution in [1.82, 2.24) is 29.7 Å². The Morgan fingerprint density at radius 2 is 2.06 bits per heavy atom. The Morgan fingerprint density at radius 3 is 2.75 bits per heavy atom. The van der Waals surface area contributed by atoms with Crippen LogP contribution in [0.15, 0.2) is 33.7 Å². The number of nitrogen functional groups attached to an aromatic ring is 1. The normalized spacial score (nSPS) is 14.6. The SMILES string of the molecule is CC[C@H](Nc1ncnc(N)c1-c1nnc(C)o1)c1nc2cccc(C)c2c(=O)n1C1CC1. The molecule has 1 fully saturated rings. The van der Waals surface area contributed by atoms with Gasteiger partial charge in [-0.25, -0.2) is 15.0 Å². The molecular formula is C22H24N8O2. The fraction of sp³-hybridized carbons (Fsp3) is 0.364. The van der Waals surface area contributed by atoms with Gasteiger partial charge < -0.3 is 15.5 Å². The monoisotopic (exact) mass is 432 g/mol. The predicted molar refractivity (Wildman–Crippen MR) is 120 cm³/mol. The summed E-state index contributed by atoms with van der Waals surface area (Å²) in [7, 11) is 0. The zero-order chi connectivity index (χ0) is 22.4. The minimum atomic E-state index is -0.287. The van der Waals surface area contributed by atoms with Crippen LogP contribution in [0.1, 0.15) is 55.5 Å². The van der Waals surface area contributed by atoms with E-state index in [4.69, 9.17) is 15.1 Å². The highest BCUT2D eigenvalue weighted by atomic mass is 16.4. The van der Waals surface area contributed by atoms with Crippen LogP contribution in [0.5, 0.6) is 0 Å². The number of anilines is 2. The van der Waals surface area contributed by atoms with Gasteiger partial charge in [0.25, 0.3) is 11.4 Å². The third-order valence-corrected chi connectivity index (χ3v) is 5.72. The first-order valence-corrected chi connectivity index (χ1v) is 10.7. The molecule has 0 radical (unpaired) electrons. The Balaban J connectivity index is 1.64. The summed E-state index contributed by atoms with van der Waals surface area (Å²) in [6.07, 6.45) is 3.98. The topological polar surface area (TPSA) is 138 Å². The van der Waals surface area contributed by atoms with Crippen molar-refractivity contribution in [2.45, 2.75) is 52.1 Å². The summed E-state index contributed by atoms with van der Waals surface area (Å²) in [6, 6.07) is 5.63. The molecular weight excluding hydrogens is 408 g/mol. The Hall–Kier alpha value is -3.82. The lowest BCUT2D eigenvalue weighted by Crippen LogP contribution is -2.29. The second-order valence-electron chi connectivity index (χ2n) is 8.06. The third-order valence-electron chi connectivity index (χ3n) is 5.72. The van der Waals surface area contributed by atoms with Crippen LogP contribution in [-0.2, 0) is 0 Å². The van der Waals surface area contributed by atoms with Gasteiger partial charge in [0.15, 0.2) is 0 Å². The average Bonchev–Trinajstić information content (AvgIpc) is 3.51. The first-order valence-electron chi connectivity index (χ1n) is 10.7. The van der Waals surface area contributed by atoms with Crippen LogP contribution < -0.4 is 16.6 Å². The van der Waals surface area contributed by atoms with Crippen LogP contribution in [0.4, 0.5) is 11.6 Å². The standard InChI is InChI=1S/C22H24N8O2/c1-4-14(26-19-17(18(23)24-10-25-19)21-29-28-12(3)32-21)20-27-15-7-5-6-11(2)16(15)22(31)30(20)13-8-9-13/h5-7,10,13-14H,4,8-9H2,1-3H3,(H3,23,24,25,26)/t14-/m0/s1. The molecule has 3 N–H and O–H groups in total. The van der Waals surface area contributed by atoms with Gasteiger partial charge in [-0.1, -0.05) is 19.1 Å². The van der Waals surface area contributed by atoms with Crippen molar-refractivity contribution in [2.75, 3.05) is 11.1 Å². The summed E-state index contributed by atoms with van der Waals surface area (Å²) < 4.78 is 7.43. The lowest BCUT2D eigenvalue weighted by molar-refractivity contribution is 0.532. The first kappa shape index (κ1) is 20.1. The van der Waals surface area contributed by atoms with E-state index in [2.05, 4.69) is 25.5 Å². The van der Waals surface area contributed by atoms with Gasteiger partial charge in [0.05, 0.1) is 16.9 Å². The molecule has 10 heteroatoms. The highest BCUT2D eigenvalue weighted by molar-refractivity contribution is 5.81. The van der Waals surface area contributed by atoms with E-state index in [1.165, 1.54) is 6.33 Å². The number of aromatic nitrogens is 6. The van der Waals surface area contributed by atoms with Crippen molar-refractivity contribution in [3.05, 3.63) is 52.2 Å². The minimum Gasteiger partial charge on any atom is -0.421 e. The molecule has 1 saturated carbocycles. The van der Waals surface area contributed by atoms with Crippen molar-refractivity contribution in [3.8, 4) is 11.5 Å². The maximum Gasteiger partial charge on any atom is 0.261 e. The largest absolute Gasteiger partial charge is 0.421 e. The smallest absolute Gasteiger partial charge is 0.261 e. The zero-order valence-corrected chi connectivity index (χ0v) is 18.2. The minimum absolute atomic E-state index is 0.000742. The molecule has 1 aliphatic carbocycles. The number of hydrogen-bond acceptors (Lipinski definition) is 9. The summed E-state index contributed by atoms with van der Waals surface area (Å²) in [5.74, 6) is 2.01. The zero-order valence-electron chi connectivity index (χ0n) is 18.2. The van der Waals surface area contributed by atoms with E-state index in [1.54, 1.807) is 6.92 Å². The molecule has 0 bridgehead atoms. The van der Waals surface area contributed by atoms with Gasteiger partial charge in [-0.15, -0.1) is 10.2 Å². The molecule has 4 aromatic rings. The number of benzene rings is 1. The predicted octanol–water partition coefficient (Wildman–Crippen LogP) is 3.33. The van der Waals surface area contributed by atoms with E-state index in [-0.39, 0.29) is 29.4 Å². The number of fused-ring (bicyclic) bond motifs is 1. The number of hydrogen-bond donors (Lipinski definition) is 2. The molecule has 3 aromatic heterocycles. The van der Waals surface area contributed by atoms with E-state index >= 15 is 0 Å². The molecule has 1 atom stereocenters. The van der Waals surface area contributed by atoms with Crippen LogP contribution in [-0.4, -0.2) is 29.7 Å². The maximum atomic E-state index is 13.5. The van der Waals surface area contributed by atoms with Gasteiger partial charge in [-0.05, 0) is 37.8 Å². The summed E-state index contributed by atoms with van der Waals surface area (Å²) in [4.78, 5) is 26.9. The molecule has 10 nitrogen and oxygen atoms in total. The molecule has 0 aliphatic heterocycles. The average molecular weight is 432 g/mol. The number of nitrogens with two attached hydrogens (primary N) is 1. The maximum absolute atomic E-state index is 13.5. The Kier molecular flexibility index (Phi) is 4.84. The molecule has 32 heavy (non-hydrogen) atoms. The third kappa shape index (κ3) is 3.37. The van der Waals surface area contributed by atoms with Crippen LogP contribution in [0.2, 0.25) is 0 Å². The number of rotatable bonds is 6. The summed E-state index contributed by atoms with van der Waals surface area (Å²) in [5.41, 5.74) is 8.19. The molecule has 1 aliphatic rings. The first-order chi connectivity index (χ1) is 15.5. The number of nitrogens with zero attached hydrogens (tertiary/aromatic N) is 6. The van der Waals surface area contributed by atoms with Crippen molar-refractivity contribution in [1.29, 1.82) is 0 Å². The van der Waals surface area contributed by atoms with Crippen LogP contribution >= 0.6 is 0 Å². The van der Waals surface area contributed by atoms with E-state index in [1.807, 2.05) is 36.6 Å². The fourth-order valence-corrected chi connectivity index (χ4v) is 3.99. The summed E-state index contributed by atoms with van der Waals surface area (Å²) in [6.45, 7) is 5.68. The van der Waals surface area contributed by atoms with Gasteiger partial charge in [0.1, 0.15) is 29.4 Å². The van der Waals surface area contributed by atoms with Gasteiger partial charge in [-0.2, -0.15) is 0 Å². The van der Waals surface area contributed by atoms with Crippen LogP contribution in [0.25, 0.3) is 22.4 Å². The second kappa shape index (κ2) is 7.70. The molecule has 3 heterocycles. The Morgan fingerprint density at radius 1 is 1.25 bits per heavy atom. The van der Waals surface area contributed by atoms with Gasteiger partial charge >= 0.3 is 0 Å². The van der Waals surface area contributed by atoms with Crippen molar-refractivity contribution in [3.63, 3.8) is 0 Å². The van der Waals surface area contributed by atoms with E-state index < -0.39 is 0 Å². The molecule has 0 saturated heterocycles. The molecule has 1 aromatic carbocycles. The lowest BCUT2D eigenvalue weighted by Gasteiger charge is -2.23. The van der Waals surface area contributed by atoms with E-state index in [9.17, 15) is 4.79 Å². The highest BCUT2D eigenvalue weighted by Crippen LogP contribution is 2.38. The van der Waals surface area contributed by atoms with Crippen molar-refractivity contribution in [2.24, 2.45) is 0 Å². The van der Waals surface area contributed by atoms with Gasteiger partial charge in [0.2, 0.25) is 5.89 Å². The summed E-state index contributed by atoms with van der Waals surface area (Å²) >= 11 is 0. The van der Waals surface area contributed by atoms with Crippen molar-refractivity contribution < 1.29 is 4.42 Å². The number of nitrogens with one attached hydrogen (secondary N) is 1. The fourth-order valence-electron chi connectivity index (χ4n) is 3.99. The van der Waals surface area contributed by atoms with Crippen molar-refractivity contribution >= 4 is 22.5 Å². The molecule has 5 rings (SSSR count). The van der Waals surface area contributed by atoms with Crippen LogP contribution in [0, 0.1) is 13.8 Å². The highest BCUT2D eigenvalue weighted by Gasteiger charge is 2.32. The molecule has 0 amide bonds. The van der Waals surface area contributed by atoms with E-state index in [0.29, 0.717) is 40.4 Å². The van der Waals surface area contributed by atoms with Gasteiger partial charge in [-0.3, -0.25) is 9.36 Å². The Bertz CT molecular complexity index is 1370. The lowest BCUT2D eigenvalue weighted by atomic mass is 10.1. The molecule has 0 spiro atoms. The second-order valence-corrected chi connectivity index (χ2v) is 8.06. The quantitative estimate of drug-likeness (QED) is 0.470. The van der Waals surface area contributed by atoms with Gasteiger partial charge in [0, 0.05) is 13.0 Å². The van der Waals surface area contributed by atoms with E-state index in [0.717, 1.165) is 18.4 Å². The van der Waals surface area contributed by atoms with Crippen LogP contribution in [0.3, 0.4) is 0 Å². The Labute approximate surface area is 183 Å². The molecule has 164 valence electrons. The summed E-state index contributed by atoms with van der Waals surface area (Å²) in [5, 5.41) is 12.0. The number of aryl methyl sites for hydroxylation is 2.